The van der Waals surface area contributed by atoms with Gasteiger partial charge in [-0.1, -0.05) is 29.8 Å². The maximum Gasteiger partial charge on any atom is 0.251 e. The summed E-state index contributed by atoms with van der Waals surface area (Å²) in [5.41, 5.74) is 2.57. The number of likely N-dealkylation sites (N-methyl/N-ethyl adjacent to an activating group) is 1. The van der Waals surface area contributed by atoms with Gasteiger partial charge < -0.3 is 10.2 Å². The molecule has 0 bridgehead atoms. The monoisotopic (exact) mass is 367 g/mol. The Labute approximate surface area is 156 Å². The van der Waals surface area contributed by atoms with Gasteiger partial charge in [-0.15, -0.1) is 11.3 Å². The second-order valence-electron chi connectivity index (χ2n) is 6.25. The van der Waals surface area contributed by atoms with E-state index in [1.165, 1.54) is 0 Å². The molecule has 0 aliphatic carbocycles. The van der Waals surface area contributed by atoms with E-state index >= 15 is 0 Å². The van der Waals surface area contributed by atoms with Crippen molar-refractivity contribution in [1.82, 2.24) is 15.2 Å². The molecule has 0 saturated heterocycles. The molecule has 0 unspecified atom stereocenters. The zero-order chi connectivity index (χ0) is 18.7. The fourth-order valence-electron chi connectivity index (χ4n) is 2.54. The second kappa shape index (κ2) is 7.66. The fraction of sp³-hybridized carbons (Fsp3) is 0.250. The van der Waals surface area contributed by atoms with Gasteiger partial charge in [0, 0.05) is 12.6 Å². The van der Waals surface area contributed by atoms with E-state index in [0.29, 0.717) is 5.56 Å². The van der Waals surface area contributed by atoms with Crippen molar-refractivity contribution in [1.29, 1.82) is 0 Å². The molecular weight excluding hydrogens is 346 g/mol. The first-order valence-electron chi connectivity index (χ1n) is 8.41. The zero-order valence-corrected chi connectivity index (χ0v) is 15.8. The molecule has 2 amide bonds. The number of aryl methyl sites for hydroxylation is 1. The van der Waals surface area contributed by atoms with Crippen LogP contribution in [-0.4, -0.2) is 35.3 Å². The smallest absolute Gasteiger partial charge is 0.251 e. The van der Waals surface area contributed by atoms with Crippen molar-refractivity contribution in [2.45, 2.75) is 19.9 Å². The van der Waals surface area contributed by atoms with E-state index in [-0.39, 0.29) is 24.4 Å². The number of rotatable bonds is 5. The molecule has 0 radical (unpaired) electrons. The highest BCUT2D eigenvalue weighted by molar-refractivity contribution is 7.18. The molecule has 26 heavy (non-hydrogen) atoms. The standard InChI is InChI=1S/C20H21N3O2S/c1-13-8-10-15(11-9-13)19(25)21-12-18(24)23(3)14(2)20-22-16-6-4-5-7-17(16)26-20/h4-11,14H,12H2,1-3H3,(H,21,25)/t14-/m1/s1. The number of hydrogen-bond acceptors (Lipinski definition) is 4. The van der Waals surface area contributed by atoms with Crippen LogP contribution in [0.3, 0.4) is 0 Å². The third-order valence-corrected chi connectivity index (χ3v) is 5.56. The third-order valence-electron chi connectivity index (χ3n) is 4.36. The van der Waals surface area contributed by atoms with Gasteiger partial charge in [0.05, 0.1) is 22.8 Å². The van der Waals surface area contributed by atoms with E-state index in [1.54, 1.807) is 35.4 Å². The molecule has 1 aromatic heterocycles. The molecule has 0 aliphatic rings. The molecule has 0 aliphatic heterocycles. The number of aromatic nitrogens is 1. The Morgan fingerprint density at radius 3 is 2.54 bits per heavy atom. The van der Waals surface area contributed by atoms with E-state index in [1.807, 2.05) is 50.2 Å². The molecule has 134 valence electrons. The number of hydrogen-bond donors (Lipinski definition) is 1. The lowest BCUT2D eigenvalue weighted by Gasteiger charge is -2.23. The highest BCUT2D eigenvalue weighted by Crippen LogP contribution is 2.28. The van der Waals surface area contributed by atoms with Gasteiger partial charge >= 0.3 is 0 Å². The minimum Gasteiger partial charge on any atom is -0.343 e. The van der Waals surface area contributed by atoms with Gasteiger partial charge in [0.2, 0.25) is 5.91 Å². The van der Waals surface area contributed by atoms with Crippen LogP contribution in [0.4, 0.5) is 0 Å². The molecule has 0 fully saturated rings. The van der Waals surface area contributed by atoms with Crippen LogP contribution in [0.5, 0.6) is 0 Å². The Morgan fingerprint density at radius 1 is 1.15 bits per heavy atom. The van der Waals surface area contributed by atoms with Crippen LogP contribution >= 0.6 is 11.3 Å². The van der Waals surface area contributed by atoms with Gasteiger partial charge in [0.25, 0.3) is 5.91 Å². The summed E-state index contributed by atoms with van der Waals surface area (Å²) in [6.07, 6.45) is 0. The minimum absolute atomic E-state index is 0.0432. The maximum atomic E-state index is 12.5. The molecular formula is C20H21N3O2S. The van der Waals surface area contributed by atoms with Gasteiger partial charge in [-0.05, 0) is 38.1 Å². The summed E-state index contributed by atoms with van der Waals surface area (Å²) in [6.45, 7) is 3.86. The van der Waals surface area contributed by atoms with Crippen LogP contribution < -0.4 is 5.32 Å². The first-order chi connectivity index (χ1) is 12.5. The van der Waals surface area contributed by atoms with Crippen molar-refractivity contribution in [3.63, 3.8) is 0 Å². The Balaban J connectivity index is 1.61. The van der Waals surface area contributed by atoms with E-state index in [9.17, 15) is 9.59 Å². The Morgan fingerprint density at radius 2 is 1.85 bits per heavy atom. The minimum atomic E-state index is -0.251. The summed E-state index contributed by atoms with van der Waals surface area (Å²) in [6, 6.07) is 15.0. The quantitative estimate of drug-likeness (QED) is 0.750. The van der Waals surface area contributed by atoms with Crippen LogP contribution in [0.1, 0.15) is 33.9 Å². The lowest BCUT2D eigenvalue weighted by Crippen LogP contribution is -2.39. The van der Waals surface area contributed by atoms with Crippen LogP contribution in [0.15, 0.2) is 48.5 Å². The largest absolute Gasteiger partial charge is 0.343 e. The second-order valence-corrected chi connectivity index (χ2v) is 7.31. The van der Waals surface area contributed by atoms with Gasteiger partial charge in [-0.2, -0.15) is 0 Å². The molecule has 1 heterocycles. The molecule has 0 spiro atoms. The Kier molecular flexibility index (Phi) is 5.32. The number of carbonyl (C=O) groups is 2. The van der Waals surface area contributed by atoms with Gasteiger partial charge in [-0.3, -0.25) is 9.59 Å². The maximum absolute atomic E-state index is 12.5. The predicted molar refractivity (Wildman–Crippen MR) is 104 cm³/mol. The average Bonchev–Trinajstić information content (AvgIpc) is 3.09. The van der Waals surface area contributed by atoms with Crippen LogP contribution in [0.2, 0.25) is 0 Å². The lowest BCUT2D eigenvalue weighted by atomic mass is 10.1. The number of carbonyl (C=O) groups excluding carboxylic acids is 2. The van der Waals surface area contributed by atoms with E-state index in [4.69, 9.17) is 0 Å². The Bertz CT molecular complexity index is 901. The molecule has 3 aromatic rings. The predicted octanol–water partition coefficient (Wildman–Crippen LogP) is 3.55. The summed E-state index contributed by atoms with van der Waals surface area (Å²) in [7, 11) is 1.73. The number of fused-ring (bicyclic) bond motifs is 1. The number of nitrogens with zero attached hydrogens (tertiary/aromatic N) is 2. The molecule has 5 nitrogen and oxygen atoms in total. The number of amides is 2. The summed E-state index contributed by atoms with van der Waals surface area (Å²) in [5.74, 6) is -0.406. The van der Waals surface area contributed by atoms with Crippen molar-refractivity contribution >= 4 is 33.4 Å². The van der Waals surface area contributed by atoms with Crippen molar-refractivity contribution in [2.75, 3.05) is 13.6 Å². The number of thiazole rings is 1. The van der Waals surface area contributed by atoms with E-state index in [2.05, 4.69) is 10.3 Å². The number of benzene rings is 2. The Hall–Kier alpha value is -2.73. The van der Waals surface area contributed by atoms with Crippen molar-refractivity contribution in [3.8, 4) is 0 Å². The number of para-hydroxylation sites is 1. The highest BCUT2D eigenvalue weighted by atomic mass is 32.1. The van der Waals surface area contributed by atoms with Crippen molar-refractivity contribution in [2.24, 2.45) is 0 Å². The van der Waals surface area contributed by atoms with Gasteiger partial charge in [0.1, 0.15) is 5.01 Å². The summed E-state index contributed by atoms with van der Waals surface area (Å²) in [4.78, 5) is 30.8. The molecule has 1 atom stereocenters. The lowest BCUT2D eigenvalue weighted by molar-refractivity contribution is -0.130. The summed E-state index contributed by atoms with van der Waals surface area (Å²) in [5, 5.41) is 3.57. The summed E-state index contributed by atoms with van der Waals surface area (Å²) >= 11 is 1.58. The highest BCUT2D eigenvalue weighted by Gasteiger charge is 2.21. The normalized spacial score (nSPS) is 12.0. The van der Waals surface area contributed by atoms with Crippen molar-refractivity contribution < 1.29 is 9.59 Å². The van der Waals surface area contributed by atoms with Gasteiger partial charge in [-0.25, -0.2) is 4.98 Å². The first kappa shape index (κ1) is 18.1. The van der Waals surface area contributed by atoms with E-state index in [0.717, 1.165) is 20.8 Å². The van der Waals surface area contributed by atoms with Crippen LogP contribution in [0.25, 0.3) is 10.2 Å². The molecule has 1 N–H and O–H groups in total. The van der Waals surface area contributed by atoms with Crippen LogP contribution in [0, 0.1) is 6.92 Å². The first-order valence-corrected chi connectivity index (χ1v) is 9.23. The van der Waals surface area contributed by atoms with Gasteiger partial charge in [0.15, 0.2) is 0 Å². The fourth-order valence-corrected chi connectivity index (χ4v) is 3.60. The molecule has 0 saturated carbocycles. The van der Waals surface area contributed by atoms with E-state index < -0.39 is 0 Å². The third kappa shape index (κ3) is 3.91. The summed E-state index contributed by atoms with van der Waals surface area (Å²) < 4.78 is 1.10. The zero-order valence-electron chi connectivity index (χ0n) is 15.0. The topological polar surface area (TPSA) is 62.3 Å². The van der Waals surface area contributed by atoms with Crippen LogP contribution in [-0.2, 0) is 4.79 Å². The average molecular weight is 367 g/mol. The van der Waals surface area contributed by atoms with Crippen molar-refractivity contribution in [3.05, 3.63) is 64.7 Å². The molecule has 2 aromatic carbocycles. The molecule has 6 heteroatoms. The number of nitrogens with one attached hydrogen (secondary N) is 1. The molecule has 3 rings (SSSR count). The SMILES string of the molecule is Cc1ccc(C(=O)NCC(=O)N(C)[C@H](C)c2nc3ccccc3s2)cc1.